The molecule has 0 amide bonds. The third-order valence-corrected chi connectivity index (χ3v) is 9.56. The summed E-state index contributed by atoms with van der Waals surface area (Å²) in [5, 5.41) is 44.4. The molecule has 0 radical (unpaired) electrons. The van der Waals surface area contributed by atoms with E-state index in [1.54, 1.807) is 0 Å². The van der Waals surface area contributed by atoms with Crippen LogP contribution in [0.5, 0.6) is 0 Å². The second-order valence-corrected chi connectivity index (χ2v) is 13.8. The third kappa shape index (κ3) is 10.3. The van der Waals surface area contributed by atoms with Crippen LogP contribution in [-0.4, -0.2) is 125 Å². The summed E-state index contributed by atoms with van der Waals surface area (Å²) in [5.41, 5.74) is -0.0679. The van der Waals surface area contributed by atoms with Crippen molar-refractivity contribution in [3.8, 4) is 0 Å². The number of aryl methyl sites for hydroxylation is 1. The van der Waals surface area contributed by atoms with Gasteiger partial charge in [-0.1, -0.05) is 49.1 Å². The highest BCUT2D eigenvalue weighted by molar-refractivity contribution is 7.91. The number of benzene rings is 1. The van der Waals surface area contributed by atoms with E-state index in [-0.39, 0.29) is 23.0 Å². The molecule has 2 unspecified atom stereocenters. The Morgan fingerprint density at radius 1 is 0.927 bits per heavy atom. The minimum atomic E-state index is -3.16. The van der Waals surface area contributed by atoms with Gasteiger partial charge in [0.1, 0.15) is 0 Å². The van der Waals surface area contributed by atoms with Crippen molar-refractivity contribution in [2.75, 3.05) is 45.2 Å². The molecule has 1 heterocycles. The number of likely N-dealkylation sites (N-methyl/N-ethyl adjacent to an activating group) is 1. The van der Waals surface area contributed by atoms with Crippen LogP contribution < -0.4 is 0 Å². The van der Waals surface area contributed by atoms with Crippen LogP contribution in [0.4, 0.5) is 0 Å². The lowest BCUT2D eigenvalue weighted by atomic mass is 9.68. The topological polar surface area (TPSA) is 193 Å². The quantitative estimate of drug-likeness (QED) is 0.229. The largest absolute Gasteiger partial charge is 0.481 e. The van der Waals surface area contributed by atoms with Crippen LogP contribution >= 0.6 is 0 Å². The van der Waals surface area contributed by atoms with E-state index in [0.717, 1.165) is 32.5 Å². The molecule has 1 aliphatic carbocycles. The number of aliphatic hydroxyl groups excluding tert-OH is 1. The molecule has 1 aromatic rings. The fourth-order valence-electron chi connectivity index (χ4n) is 5.63. The van der Waals surface area contributed by atoms with Gasteiger partial charge < -0.3 is 30.4 Å². The standard InChI is InChI=1S/C22H36N2O3S.C6H8O7/c1-18-7-9-19(10-8-18)22(11-5-4-6-12-22)17-24(14-13-23(2)3)20-15-28(26,27)16-21(20)25;7-3(8)1-6(13,5(11)12)2-4(9)10/h7-10,20-21,25H,4-6,11-17H2,1-3H3;13H,1-2H2,(H,7,8)(H,9,10)(H,11,12). The first kappa shape index (κ1) is 34.6. The van der Waals surface area contributed by atoms with Gasteiger partial charge in [0.15, 0.2) is 15.4 Å². The van der Waals surface area contributed by atoms with Gasteiger partial charge >= 0.3 is 17.9 Å². The zero-order chi connectivity index (χ0) is 31.0. The summed E-state index contributed by atoms with van der Waals surface area (Å²) >= 11 is 0. The van der Waals surface area contributed by atoms with Crippen molar-refractivity contribution >= 4 is 27.7 Å². The molecule has 2 fully saturated rings. The molecule has 1 saturated carbocycles. The Balaban J connectivity index is 0.000000383. The lowest BCUT2D eigenvalue weighted by molar-refractivity contribution is -0.170. The molecule has 41 heavy (non-hydrogen) atoms. The zero-order valence-electron chi connectivity index (χ0n) is 24.0. The summed E-state index contributed by atoms with van der Waals surface area (Å²) in [5.74, 6) is -5.05. The molecule has 0 bridgehead atoms. The molecule has 12 nitrogen and oxygen atoms in total. The maximum absolute atomic E-state index is 12.2. The molecule has 1 aromatic carbocycles. The van der Waals surface area contributed by atoms with E-state index in [4.69, 9.17) is 20.4 Å². The van der Waals surface area contributed by atoms with Gasteiger partial charge in [0.05, 0.1) is 36.5 Å². The Labute approximate surface area is 241 Å². The highest BCUT2D eigenvalue weighted by Crippen LogP contribution is 2.41. The number of carboxylic acids is 3. The fourth-order valence-corrected chi connectivity index (χ4v) is 7.46. The Morgan fingerprint density at radius 3 is 1.88 bits per heavy atom. The van der Waals surface area contributed by atoms with Crippen LogP contribution in [0.2, 0.25) is 0 Å². The third-order valence-electron chi connectivity index (χ3n) is 7.86. The second-order valence-electron chi connectivity index (χ2n) is 11.7. The minimum absolute atomic E-state index is 0.0460. The van der Waals surface area contributed by atoms with Crippen LogP contribution in [0.25, 0.3) is 0 Å². The smallest absolute Gasteiger partial charge is 0.336 e. The molecular formula is C28H44N2O10S. The number of hydrogen-bond acceptors (Lipinski definition) is 9. The van der Waals surface area contributed by atoms with Gasteiger partial charge in [0.2, 0.25) is 0 Å². The highest BCUT2D eigenvalue weighted by atomic mass is 32.2. The van der Waals surface area contributed by atoms with Crippen LogP contribution in [0.3, 0.4) is 0 Å². The number of aliphatic hydroxyl groups is 2. The summed E-state index contributed by atoms with van der Waals surface area (Å²) in [7, 11) is 0.912. The molecule has 3 rings (SSSR count). The summed E-state index contributed by atoms with van der Waals surface area (Å²) in [4.78, 5) is 34.9. The molecule has 1 aliphatic heterocycles. The highest BCUT2D eigenvalue weighted by Gasteiger charge is 2.44. The first-order valence-electron chi connectivity index (χ1n) is 13.7. The van der Waals surface area contributed by atoms with Crippen molar-refractivity contribution in [1.29, 1.82) is 0 Å². The molecule has 232 valence electrons. The number of sulfone groups is 1. The number of hydrogen-bond donors (Lipinski definition) is 5. The van der Waals surface area contributed by atoms with Crippen molar-refractivity contribution in [2.45, 2.75) is 75.0 Å². The summed E-state index contributed by atoms with van der Waals surface area (Å²) in [6.45, 7) is 4.56. The summed E-state index contributed by atoms with van der Waals surface area (Å²) in [6.07, 6.45) is 2.87. The molecule has 2 aliphatic rings. The Morgan fingerprint density at radius 2 is 1.46 bits per heavy atom. The van der Waals surface area contributed by atoms with Gasteiger partial charge in [-0.15, -0.1) is 0 Å². The Bertz CT molecular complexity index is 1130. The first-order chi connectivity index (χ1) is 19.0. The number of carbonyl (C=O) groups is 3. The monoisotopic (exact) mass is 600 g/mol. The molecular weight excluding hydrogens is 556 g/mol. The van der Waals surface area contributed by atoms with Crippen molar-refractivity contribution in [2.24, 2.45) is 0 Å². The number of rotatable bonds is 12. The van der Waals surface area contributed by atoms with Crippen LogP contribution in [-0.2, 0) is 29.6 Å². The normalized spacial score (nSPS) is 21.7. The summed E-state index contributed by atoms with van der Waals surface area (Å²) < 4.78 is 24.4. The predicted molar refractivity (Wildman–Crippen MR) is 152 cm³/mol. The molecule has 13 heteroatoms. The van der Waals surface area contributed by atoms with E-state index in [9.17, 15) is 27.9 Å². The van der Waals surface area contributed by atoms with E-state index in [2.05, 4.69) is 41.0 Å². The van der Waals surface area contributed by atoms with Crippen LogP contribution in [0.15, 0.2) is 24.3 Å². The van der Waals surface area contributed by atoms with Gasteiger partial charge in [-0.25, -0.2) is 13.2 Å². The second kappa shape index (κ2) is 14.5. The molecule has 2 atom stereocenters. The summed E-state index contributed by atoms with van der Waals surface area (Å²) in [6, 6.07) is 8.59. The van der Waals surface area contributed by atoms with Gasteiger partial charge in [-0.2, -0.15) is 0 Å². The van der Waals surface area contributed by atoms with Crippen molar-refractivity contribution in [3.05, 3.63) is 35.4 Å². The molecule has 5 N–H and O–H groups in total. The maximum atomic E-state index is 12.2. The number of nitrogens with zero attached hydrogens (tertiary/aromatic N) is 2. The fraction of sp³-hybridized carbons (Fsp3) is 0.679. The predicted octanol–water partition coefficient (Wildman–Crippen LogP) is 0.970. The zero-order valence-corrected chi connectivity index (χ0v) is 24.8. The van der Waals surface area contributed by atoms with Crippen LogP contribution in [0.1, 0.15) is 56.1 Å². The van der Waals surface area contributed by atoms with Crippen molar-refractivity contribution in [3.63, 3.8) is 0 Å². The SMILES string of the molecule is Cc1ccc(C2(CN(CCN(C)C)C3CS(=O)(=O)CC3O)CCCCC2)cc1.O=C(O)CC(O)(CC(=O)O)C(=O)O. The average molecular weight is 601 g/mol. The Kier molecular flexibility index (Phi) is 12.3. The lowest BCUT2D eigenvalue weighted by Crippen LogP contribution is -2.52. The molecule has 0 aromatic heterocycles. The van der Waals surface area contributed by atoms with Gasteiger partial charge in [0, 0.05) is 25.0 Å². The Hall–Kier alpha value is -2.58. The van der Waals surface area contributed by atoms with E-state index in [0.29, 0.717) is 0 Å². The molecule has 0 spiro atoms. The maximum Gasteiger partial charge on any atom is 0.336 e. The van der Waals surface area contributed by atoms with Crippen LogP contribution in [0, 0.1) is 6.92 Å². The van der Waals surface area contributed by atoms with Gasteiger partial charge in [-0.05, 0) is 39.4 Å². The van der Waals surface area contributed by atoms with E-state index >= 15 is 0 Å². The molecule has 1 saturated heterocycles. The van der Waals surface area contributed by atoms with Crippen molar-refractivity contribution in [1.82, 2.24) is 9.80 Å². The van der Waals surface area contributed by atoms with Crippen molar-refractivity contribution < 1.29 is 48.3 Å². The number of carboxylic acid groups (broad SMARTS) is 3. The van der Waals surface area contributed by atoms with Gasteiger partial charge in [0.25, 0.3) is 0 Å². The number of aliphatic carboxylic acids is 3. The first-order valence-corrected chi connectivity index (χ1v) is 15.5. The lowest BCUT2D eigenvalue weighted by Gasteiger charge is -2.44. The van der Waals surface area contributed by atoms with E-state index < -0.39 is 52.3 Å². The average Bonchev–Trinajstić information content (AvgIpc) is 3.13. The van der Waals surface area contributed by atoms with Gasteiger partial charge in [-0.3, -0.25) is 14.5 Å². The van der Waals surface area contributed by atoms with E-state index in [1.165, 1.54) is 30.4 Å². The minimum Gasteiger partial charge on any atom is -0.481 e. The van der Waals surface area contributed by atoms with E-state index in [1.807, 2.05) is 14.1 Å².